The van der Waals surface area contributed by atoms with E-state index in [9.17, 15) is 14.0 Å². The largest absolute Gasteiger partial charge is 0.482 e. The first-order valence-electron chi connectivity index (χ1n) is 7.53. The molecule has 25 heavy (non-hydrogen) atoms. The van der Waals surface area contributed by atoms with E-state index in [1.165, 1.54) is 24.3 Å². The van der Waals surface area contributed by atoms with Crippen molar-refractivity contribution in [1.29, 1.82) is 0 Å². The molecule has 0 bridgehead atoms. The molecule has 1 amide bonds. The summed E-state index contributed by atoms with van der Waals surface area (Å²) >= 11 is 3.42. The Morgan fingerprint density at radius 3 is 2.48 bits per heavy atom. The molecular weight excluding hydrogens is 393 g/mol. The van der Waals surface area contributed by atoms with Gasteiger partial charge in [0, 0.05) is 4.47 Å². The number of ether oxygens (including phenoxy) is 2. The van der Waals surface area contributed by atoms with Crippen molar-refractivity contribution in [3.05, 3.63) is 64.4 Å². The number of amides is 1. The van der Waals surface area contributed by atoms with Crippen molar-refractivity contribution in [1.82, 2.24) is 5.32 Å². The van der Waals surface area contributed by atoms with E-state index in [2.05, 4.69) is 21.2 Å². The quantitative estimate of drug-likeness (QED) is 0.711. The first kappa shape index (κ1) is 18.9. The molecule has 0 fully saturated rings. The summed E-state index contributed by atoms with van der Waals surface area (Å²) in [6.07, 6.45) is 0. The summed E-state index contributed by atoms with van der Waals surface area (Å²) in [6, 6.07) is 12.5. The minimum Gasteiger partial charge on any atom is -0.482 e. The Bertz CT molecular complexity index is 736. The van der Waals surface area contributed by atoms with Gasteiger partial charge in [0.15, 0.2) is 13.2 Å². The third kappa shape index (κ3) is 6.19. The Morgan fingerprint density at radius 2 is 1.80 bits per heavy atom. The van der Waals surface area contributed by atoms with Gasteiger partial charge in [-0.1, -0.05) is 34.1 Å². The van der Waals surface area contributed by atoms with E-state index in [0.29, 0.717) is 5.75 Å². The number of hydrogen-bond donors (Lipinski definition) is 1. The molecule has 0 spiro atoms. The minimum absolute atomic E-state index is 0.239. The molecule has 0 aromatic heterocycles. The SMILES string of the molecule is C[C@H](NC(=O)COC(=O)COc1ccc(F)cc1)c1ccccc1Br. The zero-order valence-electron chi connectivity index (χ0n) is 13.5. The predicted octanol–water partition coefficient (Wildman–Crippen LogP) is 3.39. The van der Waals surface area contributed by atoms with Crippen LogP contribution >= 0.6 is 15.9 Å². The van der Waals surface area contributed by atoms with Crippen LogP contribution < -0.4 is 10.1 Å². The zero-order valence-corrected chi connectivity index (χ0v) is 15.1. The minimum atomic E-state index is -0.687. The summed E-state index contributed by atoms with van der Waals surface area (Å²) in [5, 5.41) is 2.74. The van der Waals surface area contributed by atoms with Crippen LogP contribution in [-0.2, 0) is 14.3 Å². The predicted molar refractivity (Wildman–Crippen MR) is 93.6 cm³/mol. The van der Waals surface area contributed by atoms with Gasteiger partial charge < -0.3 is 14.8 Å². The molecule has 0 aliphatic rings. The van der Waals surface area contributed by atoms with E-state index < -0.39 is 24.3 Å². The summed E-state index contributed by atoms with van der Waals surface area (Å²) in [5.41, 5.74) is 0.918. The summed E-state index contributed by atoms with van der Waals surface area (Å²) in [5.74, 6) is -1.16. The number of halogens is 2. The van der Waals surface area contributed by atoms with Gasteiger partial charge in [-0.15, -0.1) is 0 Å². The van der Waals surface area contributed by atoms with Gasteiger partial charge in [-0.2, -0.15) is 0 Å². The molecule has 2 aromatic carbocycles. The fourth-order valence-electron chi connectivity index (χ4n) is 2.05. The van der Waals surface area contributed by atoms with Crippen LogP contribution in [0.5, 0.6) is 5.75 Å². The first-order valence-corrected chi connectivity index (χ1v) is 8.33. The molecule has 5 nitrogen and oxygen atoms in total. The molecule has 0 saturated heterocycles. The maximum absolute atomic E-state index is 12.8. The Kier molecular flexibility index (Phi) is 6.94. The Morgan fingerprint density at radius 1 is 1.12 bits per heavy atom. The molecular formula is C18H17BrFNO4. The van der Waals surface area contributed by atoms with Crippen LogP contribution in [0.15, 0.2) is 53.0 Å². The van der Waals surface area contributed by atoms with E-state index >= 15 is 0 Å². The highest BCUT2D eigenvalue weighted by atomic mass is 79.9. The third-order valence-electron chi connectivity index (χ3n) is 3.28. The molecule has 7 heteroatoms. The monoisotopic (exact) mass is 409 g/mol. The summed E-state index contributed by atoms with van der Waals surface area (Å²) in [7, 11) is 0. The van der Waals surface area contributed by atoms with Crippen LogP contribution in [-0.4, -0.2) is 25.1 Å². The van der Waals surface area contributed by atoms with Gasteiger partial charge in [0.25, 0.3) is 5.91 Å². The molecule has 0 radical (unpaired) electrons. The van der Waals surface area contributed by atoms with E-state index in [1.54, 1.807) is 0 Å². The molecule has 1 atom stereocenters. The number of carbonyl (C=O) groups is 2. The highest BCUT2D eigenvalue weighted by Gasteiger charge is 2.14. The molecule has 2 rings (SSSR count). The topological polar surface area (TPSA) is 64.6 Å². The van der Waals surface area contributed by atoms with Crippen molar-refractivity contribution in [2.24, 2.45) is 0 Å². The van der Waals surface area contributed by atoms with E-state index in [4.69, 9.17) is 9.47 Å². The number of carbonyl (C=O) groups excluding carboxylic acids is 2. The Balaban J connectivity index is 1.73. The molecule has 0 unspecified atom stereocenters. The van der Waals surface area contributed by atoms with E-state index in [-0.39, 0.29) is 12.6 Å². The number of benzene rings is 2. The fourth-order valence-corrected chi connectivity index (χ4v) is 2.68. The Labute approximate surface area is 153 Å². The molecule has 2 aromatic rings. The summed E-state index contributed by atoms with van der Waals surface area (Å²) in [6.45, 7) is 1.07. The van der Waals surface area contributed by atoms with Crippen LogP contribution in [0.25, 0.3) is 0 Å². The van der Waals surface area contributed by atoms with Gasteiger partial charge in [-0.25, -0.2) is 9.18 Å². The van der Waals surface area contributed by atoms with E-state index in [1.807, 2.05) is 31.2 Å². The molecule has 1 N–H and O–H groups in total. The lowest BCUT2D eigenvalue weighted by atomic mass is 10.1. The number of nitrogens with one attached hydrogen (secondary N) is 1. The van der Waals surface area contributed by atoms with Crippen molar-refractivity contribution in [2.75, 3.05) is 13.2 Å². The van der Waals surface area contributed by atoms with Gasteiger partial charge in [0.1, 0.15) is 11.6 Å². The Hall–Kier alpha value is -2.41. The third-order valence-corrected chi connectivity index (χ3v) is 4.01. The van der Waals surface area contributed by atoms with Gasteiger partial charge in [-0.3, -0.25) is 4.79 Å². The smallest absolute Gasteiger partial charge is 0.344 e. The number of rotatable bonds is 7. The average molecular weight is 410 g/mol. The van der Waals surface area contributed by atoms with Gasteiger partial charge in [0.2, 0.25) is 0 Å². The second-order valence-corrected chi connectivity index (χ2v) is 6.07. The lowest BCUT2D eigenvalue weighted by Gasteiger charge is -2.15. The van der Waals surface area contributed by atoms with Gasteiger partial charge in [0.05, 0.1) is 6.04 Å². The molecule has 0 aliphatic heterocycles. The fraction of sp³-hybridized carbons (Fsp3) is 0.222. The van der Waals surface area contributed by atoms with Crippen molar-refractivity contribution in [3.63, 3.8) is 0 Å². The standard InChI is InChI=1S/C18H17BrFNO4/c1-12(15-4-2-3-5-16(15)19)21-17(22)10-25-18(23)11-24-14-8-6-13(20)7-9-14/h2-9,12H,10-11H2,1H3,(H,21,22)/t12-/m0/s1. The van der Waals surface area contributed by atoms with Crippen molar-refractivity contribution >= 4 is 27.8 Å². The van der Waals surface area contributed by atoms with Gasteiger partial charge in [-0.05, 0) is 42.8 Å². The molecule has 132 valence electrons. The van der Waals surface area contributed by atoms with Crippen LogP contribution in [0.2, 0.25) is 0 Å². The maximum atomic E-state index is 12.8. The van der Waals surface area contributed by atoms with Crippen LogP contribution in [0.1, 0.15) is 18.5 Å². The number of esters is 1. The average Bonchev–Trinajstić information content (AvgIpc) is 2.59. The van der Waals surface area contributed by atoms with Crippen LogP contribution in [0.4, 0.5) is 4.39 Å². The molecule has 0 aliphatic carbocycles. The van der Waals surface area contributed by atoms with Crippen LogP contribution in [0, 0.1) is 5.82 Å². The van der Waals surface area contributed by atoms with Crippen LogP contribution in [0.3, 0.4) is 0 Å². The summed E-state index contributed by atoms with van der Waals surface area (Å²) in [4.78, 5) is 23.5. The lowest BCUT2D eigenvalue weighted by molar-refractivity contribution is -0.150. The number of hydrogen-bond acceptors (Lipinski definition) is 4. The van der Waals surface area contributed by atoms with Crippen molar-refractivity contribution in [2.45, 2.75) is 13.0 Å². The first-order chi connectivity index (χ1) is 12.0. The second kappa shape index (κ2) is 9.17. The highest BCUT2D eigenvalue weighted by Crippen LogP contribution is 2.22. The van der Waals surface area contributed by atoms with E-state index in [0.717, 1.165) is 10.0 Å². The normalized spacial score (nSPS) is 11.5. The maximum Gasteiger partial charge on any atom is 0.344 e. The van der Waals surface area contributed by atoms with Crippen molar-refractivity contribution in [3.8, 4) is 5.75 Å². The molecule has 0 saturated carbocycles. The second-order valence-electron chi connectivity index (χ2n) is 5.21. The van der Waals surface area contributed by atoms with Gasteiger partial charge >= 0.3 is 5.97 Å². The van der Waals surface area contributed by atoms with Crippen molar-refractivity contribution < 1.29 is 23.5 Å². The zero-order chi connectivity index (χ0) is 18.2. The lowest BCUT2D eigenvalue weighted by Crippen LogP contribution is -2.32. The highest BCUT2D eigenvalue weighted by molar-refractivity contribution is 9.10. The summed E-state index contributed by atoms with van der Waals surface area (Å²) < 4.78 is 23.6. The molecule has 0 heterocycles.